The van der Waals surface area contributed by atoms with Crippen molar-refractivity contribution in [2.24, 2.45) is 0 Å². The number of rotatable bonds is 6. The van der Waals surface area contributed by atoms with Crippen molar-refractivity contribution in [3.05, 3.63) is 96.1 Å². The number of hydrogen-bond acceptors (Lipinski definition) is 4. The zero-order valence-electron chi connectivity index (χ0n) is 18.1. The van der Waals surface area contributed by atoms with Crippen LogP contribution in [0.3, 0.4) is 0 Å². The minimum atomic E-state index is -0.388. The molecule has 0 saturated carbocycles. The van der Waals surface area contributed by atoms with Gasteiger partial charge in [0.15, 0.2) is 0 Å². The van der Waals surface area contributed by atoms with Crippen molar-refractivity contribution in [1.29, 1.82) is 0 Å². The number of benzene rings is 3. The van der Waals surface area contributed by atoms with E-state index in [2.05, 4.69) is 14.8 Å². The van der Waals surface area contributed by atoms with Crippen LogP contribution in [0.1, 0.15) is 17.2 Å². The highest BCUT2D eigenvalue weighted by molar-refractivity contribution is 5.88. The number of nitrogens with zero attached hydrogens (tertiary/aromatic N) is 2. The van der Waals surface area contributed by atoms with E-state index in [1.807, 2.05) is 84.9 Å². The molecule has 6 heteroatoms. The van der Waals surface area contributed by atoms with Crippen molar-refractivity contribution in [3.63, 3.8) is 0 Å². The Kier molecular flexibility index (Phi) is 6.82. The molecule has 1 unspecified atom stereocenters. The summed E-state index contributed by atoms with van der Waals surface area (Å²) in [7, 11) is 1.44. The molecule has 0 radical (unpaired) electrons. The molecule has 164 valence electrons. The zero-order chi connectivity index (χ0) is 22.3. The number of aliphatic hydroxyl groups is 1. The number of methoxy groups -OCH3 is 1. The molecule has 0 amide bonds. The Morgan fingerprint density at radius 1 is 0.875 bits per heavy atom. The van der Waals surface area contributed by atoms with Gasteiger partial charge < -0.3 is 14.7 Å². The summed E-state index contributed by atoms with van der Waals surface area (Å²) in [6.45, 7) is 3.11. The molecule has 6 nitrogen and oxygen atoms in total. The second kappa shape index (κ2) is 10.1. The maximum absolute atomic E-state index is 12.5. The van der Waals surface area contributed by atoms with E-state index in [-0.39, 0.29) is 17.9 Å². The fourth-order valence-electron chi connectivity index (χ4n) is 4.04. The summed E-state index contributed by atoms with van der Waals surface area (Å²) >= 11 is 0. The van der Waals surface area contributed by atoms with E-state index < -0.39 is 0 Å². The number of nitrogens with one attached hydrogen (secondary N) is 1. The Balaban J connectivity index is 1.42. The largest absolute Gasteiger partial charge is 0.468 e. The van der Waals surface area contributed by atoms with Gasteiger partial charge in [-0.15, -0.1) is 0 Å². The molecule has 1 saturated heterocycles. The predicted octanol–water partition coefficient (Wildman–Crippen LogP) is 2.44. The SMILES string of the molecule is COC(=O)C(c1ccccc1)N1CCN(c2ccc(C(O)=[NH+]c3ccccc3)cc2)CC1. The van der Waals surface area contributed by atoms with E-state index in [0.717, 1.165) is 48.7 Å². The maximum atomic E-state index is 12.5. The third-order valence-corrected chi connectivity index (χ3v) is 5.76. The van der Waals surface area contributed by atoms with Crippen molar-refractivity contribution in [3.8, 4) is 0 Å². The molecule has 0 aliphatic carbocycles. The molecular formula is C26H28N3O3+. The first-order chi connectivity index (χ1) is 15.7. The molecule has 0 bridgehead atoms. The van der Waals surface area contributed by atoms with Crippen LogP contribution in [-0.2, 0) is 9.53 Å². The number of piperazine rings is 1. The smallest absolute Gasteiger partial charge is 0.371 e. The minimum absolute atomic E-state index is 0.122. The van der Waals surface area contributed by atoms with E-state index in [9.17, 15) is 9.90 Å². The molecule has 0 spiro atoms. The fourth-order valence-corrected chi connectivity index (χ4v) is 4.04. The quantitative estimate of drug-likeness (QED) is 0.357. The number of anilines is 1. The normalized spacial score (nSPS) is 15.9. The van der Waals surface area contributed by atoms with Crippen molar-refractivity contribution >= 4 is 23.2 Å². The summed E-state index contributed by atoms with van der Waals surface area (Å²) in [6.07, 6.45) is 0. The first-order valence-electron chi connectivity index (χ1n) is 10.8. The average molecular weight is 431 g/mol. The monoisotopic (exact) mass is 430 g/mol. The predicted molar refractivity (Wildman–Crippen MR) is 125 cm³/mol. The van der Waals surface area contributed by atoms with E-state index in [1.54, 1.807) is 0 Å². The summed E-state index contributed by atoms with van der Waals surface area (Å²) in [6, 6.07) is 26.8. The standard InChI is InChI=1S/C26H27N3O3/c1-32-26(31)24(20-8-4-2-5-9-20)29-18-16-28(17-19-29)23-14-12-21(13-15-23)25(30)27-22-10-6-3-7-11-22/h2-15,24H,16-19H2,1H3,(H,27,30)/p+1. The Hall–Kier alpha value is -3.64. The van der Waals surface area contributed by atoms with Gasteiger partial charge in [-0.1, -0.05) is 48.5 Å². The lowest BCUT2D eigenvalue weighted by atomic mass is 10.0. The van der Waals surface area contributed by atoms with Crippen LogP contribution in [0, 0.1) is 0 Å². The topological polar surface area (TPSA) is 67.0 Å². The highest BCUT2D eigenvalue weighted by Crippen LogP contribution is 2.25. The molecular weight excluding hydrogens is 402 g/mol. The first-order valence-corrected chi connectivity index (χ1v) is 10.8. The van der Waals surface area contributed by atoms with E-state index in [4.69, 9.17) is 4.74 Å². The van der Waals surface area contributed by atoms with Gasteiger partial charge in [0.2, 0.25) is 5.69 Å². The number of carbonyl (C=O) groups excluding carboxylic acids is 1. The molecule has 0 aromatic heterocycles. The lowest BCUT2D eigenvalue weighted by Crippen LogP contribution is -2.66. The van der Waals surface area contributed by atoms with Crippen LogP contribution in [-0.4, -0.2) is 55.2 Å². The van der Waals surface area contributed by atoms with Crippen LogP contribution in [0.2, 0.25) is 0 Å². The summed E-state index contributed by atoms with van der Waals surface area (Å²) in [5.41, 5.74) is 3.61. The summed E-state index contributed by atoms with van der Waals surface area (Å²) in [5, 5.41) is 10.4. The summed E-state index contributed by atoms with van der Waals surface area (Å²) in [4.78, 5) is 20.0. The van der Waals surface area contributed by atoms with Crippen molar-refractivity contribution in [2.75, 3.05) is 38.2 Å². The third-order valence-electron chi connectivity index (χ3n) is 5.76. The Labute approximate surface area is 188 Å². The summed E-state index contributed by atoms with van der Waals surface area (Å²) < 4.78 is 5.08. The number of para-hydroxylation sites is 1. The van der Waals surface area contributed by atoms with Gasteiger partial charge in [0.1, 0.15) is 6.04 Å². The van der Waals surface area contributed by atoms with Gasteiger partial charge in [-0.25, -0.2) is 4.79 Å². The molecule has 1 aliphatic rings. The van der Waals surface area contributed by atoms with Gasteiger partial charge in [-0.05, 0) is 29.8 Å². The van der Waals surface area contributed by atoms with Gasteiger partial charge in [0, 0.05) is 44.0 Å². The molecule has 2 N–H and O–H groups in total. The van der Waals surface area contributed by atoms with E-state index in [0.29, 0.717) is 0 Å². The second-order valence-corrected chi connectivity index (χ2v) is 7.75. The van der Waals surface area contributed by atoms with Crippen LogP contribution in [0.15, 0.2) is 84.9 Å². The maximum Gasteiger partial charge on any atom is 0.371 e. The highest BCUT2D eigenvalue weighted by atomic mass is 16.5. The third kappa shape index (κ3) is 4.98. The molecule has 1 heterocycles. The molecule has 32 heavy (non-hydrogen) atoms. The highest BCUT2D eigenvalue weighted by Gasteiger charge is 2.31. The average Bonchev–Trinajstić information content (AvgIpc) is 2.86. The van der Waals surface area contributed by atoms with Crippen LogP contribution in [0.25, 0.3) is 0 Å². The number of ether oxygens (including phenoxy) is 1. The molecule has 3 aromatic rings. The second-order valence-electron chi connectivity index (χ2n) is 7.75. The van der Waals surface area contributed by atoms with Gasteiger partial charge in [-0.3, -0.25) is 4.90 Å². The number of esters is 1. The number of aliphatic hydroxyl groups excluding tert-OH is 1. The molecule has 4 rings (SSSR count). The summed E-state index contributed by atoms with van der Waals surface area (Å²) in [5.74, 6) is -0.109. The lowest BCUT2D eigenvalue weighted by molar-refractivity contribution is -0.364. The lowest BCUT2D eigenvalue weighted by Gasteiger charge is -2.39. The van der Waals surface area contributed by atoms with Crippen LogP contribution in [0.5, 0.6) is 0 Å². The number of carbonyl (C=O) groups is 1. The minimum Gasteiger partial charge on any atom is -0.468 e. The zero-order valence-corrected chi connectivity index (χ0v) is 18.1. The Bertz CT molecular complexity index is 1040. The van der Waals surface area contributed by atoms with E-state index in [1.165, 1.54) is 7.11 Å². The Morgan fingerprint density at radius 2 is 1.47 bits per heavy atom. The van der Waals surface area contributed by atoms with Crippen LogP contribution < -0.4 is 9.89 Å². The molecule has 1 aliphatic heterocycles. The molecule has 1 fully saturated rings. The fraction of sp³-hybridized carbons (Fsp3) is 0.231. The molecule has 1 atom stereocenters. The van der Waals surface area contributed by atoms with Gasteiger partial charge in [0.25, 0.3) is 0 Å². The van der Waals surface area contributed by atoms with Gasteiger partial charge >= 0.3 is 11.9 Å². The van der Waals surface area contributed by atoms with E-state index >= 15 is 0 Å². The van der Waals surface area contributed by atoms with Crippen molar-refractivity contribution < 1.29 is 19.6 Å². The van der Waals surface area contributed by atoms with Gasteiger partial charge in [0.05, 0.1) is 12.7 Å². The Morgan fingerprint density at radius 3 is 2.06 bits per heavy atom. The van der Waals surface area contributed by atoms with Gasteiger partial charge in [-0.2, -0.15) is 4.99 Å². The molecule has 3 aromatic carbocycles. The van der Waals surface area contributed by atoms with Crippen molar-refractivity contribution in [1.82, 2.24) is 4.90 Å². The van der Waals surface area contributed by atoms with Crippen LogP contribution in [0.4, 0.5) is 11.4 Å². The number of hydrogen-bond donors (Lipinski definition) is 2. The van der Waals surface area contributed by atoms with Crippen LogP contribution >= 0.6 is 0 Å². The first kappa shape index (κ1) is 21.6. The van der Waals surface area contributed by atoms with Crippen molar-refractivity contribution in [2.45, 2.75) is 6.04 Å².